The molecule has 0 fully saturated rings. The van der Waals surface area contributed by atoms with Crippen LogP contribution in [0.3, 0.4) is 0 Å². The zero-order chi connectivity index (χ0) is 13.5. The van der Waals surface area contributed by atoms with Crippen LogP contribution in [0.5, 0.6) is 0 Å². The first-order valence-corrected chi connectivity index (χ1v) is 6.08. The lowest BCUT2D eigenvalue weighted by atomic mass is 10.1. The van der Waals surface area contributed by atoms with Crippen molar-refractivity contribution in [2.45, 2.75) is 58.5 Å². The molecule has 100 valence electrons. The van der Waals surface area contributed by atoms with Crippen LogP contribution in [0.25, 0.3) is 0 Å². The quantitative estimate of drug-likeness (QED) is 0.636. The van der Waals surface area contributed by atoms with E-state index < -0.39 is 0 Å². The lowest BCUT2D eigenvalue weighted by molar-refractivity contribution is -0.127. The van der Waals surface area contributed by atoms with Gasteiger partial charge in [0.05, 0.1) is 6.54 Å². The molecule has 0 bridgehead atoms. The second kappa shape index (κ2) is 7.27. The van der Waals surface area contributed by atoms with Gasteiger partial charge in [0.25, 0.3) is 0 Å². The predicted molar refractivity (Wildman–Crippen MR) is 68.4 cm³/mol. The third kappa shape index (κ3) is 9.81. The van der Waals surface area contributed by atoms with Gasteiger partial charge in [-0.15, -0.1) is 0 Å². The average Bonchev–Trinajstić information content (AvgIpc) is 2.12. The molecule has 4 N–H and O–H groups in total. The van der Waals surface area contributed by atoms with Gasteiger partial charge in [0.15, 0.2) is 0 Å². The molecule has 0 aromatic rings. The Balaban J connectivity index is 3.81. The summed E-state index contributed by atoms with van der Waals surface area (Å²) in [6.07, 6.45) is 2.05. The van der Waals surface area contributed by atoms with E-state index in [2.05, 4.69) is 10.6 Å². The number of carbonyl (C=O) groups is 2. The Kier molecular flexibility index (Phi) is 6.80. The van der Waals surface area contributed by atoms with Gasteiger partial charge in [-0.1, -0.05) is 13.3 Å². The van der Waals surface area contributed by atoms with Crippen molar-refractivity contribution in [1.29, 1.82) is 0 Å². The van der Waals surface area contributed by atoms with Crippen molar-refractivity contribution in [3.8, 4) is 0 Å². The van der Waals surface area contributed by atoms with E-state index in [1.165, 1.54) is 0 Å². The summed E-state index contributed by atoms with van der Waals surface area (Å²) >= 11 is 0. The highest BCUT2D eigenvalue weighted by atomic mass is 16.2. The highest BCUT2D eigenvalue weighted by Gasteiger charge is 2.14. The molecule has 0 aliphatic carbocycles. The van der Waals surface area contributed by atoms with Gasteiger partial charge in [0, 0.05) is 18.0 Å². The third-order valence-corrected chi connectivity index (χ3v) is 2.07. The Bertz CT molecular complexity index is 259. The van der Waals surface area contributed by atoms with Gasteiger partial charge in [-0.3, -0.25) is 9.59 Å². The molecule has 5 heteroatoms. The number of hydrogen-bond acceptors (Lipinski definition) is 3. The second-order valence-corrected chi connectivity index (χ2v) is 5.33. The SMILES string of the molecule is CCCC(N)CC(=O)NCC(=O)NC(C)(C)C. The van der Waals surface area contributed by atoms with E-state index >= 15 is 0 Å². The molecule has 0 spiro atoms. The largest absolute Gasteiger partial charge is 0.350 e. The van der Waals surface area contributed by atoms with Crippen LogP contribution in [0.4, 0.5) is 0 Å². The minimum atomic E-state index is -0.277. The first-order chi connectivity index (χ1) is 7.74. The fourth-order valence-electron chi connectivity index (χ4n) is 1.42. The lowest BCUT2D eigenvalue weighted by Gasteiger charge is -2.20. The molecule has 1 atom stereocenters. The van der Waals surface area contributed by atoms with Gasteiger partial charge >= 0.3 is 0 Å². The van der Waals surface area contributed by atoms with E-state index in [1.54, 1.807) is 0 Å². The first-order valence-electron chi connectivity index (χ1n) is 6.08. The van der Waals surface area contributed by atoms with Gasteiger partial charge in [0.2, 0.25) is 11.8 Å². The molecule has 0 saturated carbocycles. The topological polar surface area (TPSA) is 84.2 Å². The van der Waals surface area contributed by atoms with Crippen LogP contribution in [0, 0.1) is 0 Å². The summed E-state index contributed by atoms with van der Waals surface area (Å²) in [5.74, 6) is -0.357. The maximum absolute atomic E-state index is 11.4. The number of hydrogen-bond donors (Lipinski definition) is 3. The van der Waals surface area contributed by atoms with Crippen molar-refractivity contribution < 1.29 is 9.59 Å². The maximum atomic E-state index is 11.4. The van der Waals surface area contributed by atoms with Crippen LogP contribution in [-0.4, -0.2) is 29.9 Å². The molecule has 0 rings (SSSR count). The van der Waals surface area contributed by atoms with Gasteiger partial charge in [-0.25, -0.2) is 0 Å². The molecule has 0 aliphatic rings. The zero-order valence-electron chi connectivity index (χ0n) is 11.3. The van der Waals surface area contributed by atoms with Gasteiger partial charge in [-0.2, -0.15) is 0 Å². The van der Waals surface area contributed by atoms with E-state index in [1.807, 2.05) is 27.7 Å². The lowest BCUT2D eigenvalue weighted by Crippen LogP contribution is -2.46. The number of carbonyl (C=O) groups excluding carboxylic acids is 2. The Morgan fingerprint density at radius 2 is 1.82 bits per heavy atom. The molecule has 0 aliphatic heterocycles. The van der Waals surface area contributed by atoms with Gasteiger partial charge < -0.3 is 16.4 Å². The fraction of sp³-hybridized carbons (Fsp3) is 0.833. The molecule has 17 heavy (non-hydrogen) atoms. The second-order valence-electron chi connectivity index (χ2n) is 5.33. The molecular weight excluding hydrogens is 218 g/mol. The standard InChI is InChI=1S/C12H25N3O2/c1-5-6-9(13)7-10(16)14-8-11(17)15-12(2,3)4/h9H,5-8,13H2,1-4H3,(H,14,16)(H,15,17). The Morgan fingerprint density at radius 3 is 2.29 bits per heavy atom. The van der Waals surface area contributed by atoms with E-state index in [0.717, 1.165) is 12.8 Å². The van der Waals surface area contributed by atoms with Gasteiger partial charge in [0.1, 0.15) is 0 Å². The minimum Gasteiger partial charge on any atom is -0.350 e. The van der Waals surface area contributed by atoms with Crippen molar-refractivity contribution in [3.63, 3.8) is 0 Å². The molecule has 0 heterocycles. The monoisotopic (exact) mass is 243 g/mol. The third-order valence-electron chi connectivity index (χ3n) is 2.07. The summed E-state index contributed by atoms with van der Waals surface area (Å²) in [4.78, 5) is 22.8. The summed E-state index contributed by atoms with van der Waals surface area (Å²) in [6.45, 7) is 7.71. The number of rotatable bonds is 6. The summed E-state index contributed by atoms with van der Waals surface area (Å²) in [5.41, 5.74) is 5.45. The zero-order valence-corrected chi connectivity index (χ0v) is 11.3. The summed E-state index contributed by atoms with van der Waals surface area (Å²) in [7, 11) is 0. The van der Waals surface area contributed by atoms with Crippen LogP contribution in [0.1, 0.15) is 47.0 Å². The predicted octanol–water partition coefficient (Wildman–Crippen LogP) is 0.535. The van der Waals surface area contributed by atoms with Crippen molar-refractivity contribution in [2.75, 3.05) is 6.54 Å². The molecular formula is C12H25N3O2. The first kappa shape index (κ1) is 15.9. The van der Waals surface area contributed by atoms with E-state index in [-0.39, 0.29) is 36.4 Å². The van der Waals surface area contributed by atoms with Crippen molar-refractivity contribution in [1.82, 2.24) is 10.6 Å². The Labute approximate surface area is 104 Å². The molecule has 0 aromatic heterocycles. The molecule has 1 unspecified atom stereocenters. The maximum Gasteiger partial charge on any atom is 0.239 e. The molecule has 0 radical (unpaired) electrons. The molecule has 0 aromatic carbocycles. The molecule has 5 nitrogen and oxygen atoms in total. The Hall–Kier alpha value is -1.10. The molecule has 2 amide bonds. The van der Waals surface area contributed by atoms with Crippen LogP contribution in [-0.2, 0) is 9.59 Å². The highest BCUT2D eigenvalue weighted by Crippen LogP contribution is 1.99. The normalized spacial score (nSPS) is 13.0. The van der Waals surface area contributed by atoms with Crippen LogP contribution in [0.2, 0.25) is 0 Å². The van der Waals surface area contributed by atoms with Gasteiger partial charge in [-0.05, 0) is 27.2 Å². The van der Waals surface area contributed by atoms with E-state index in [4.69, 9.17) is 5.73 Å². The highest BCUT2D eigenvalue weighted by molar-refractivity contribution is 5.85. The van der Waals surface area contributed by atoms with Crippen molar-refractivity contribution in [3.05, 3.63) is 0 Å². The molecule has 0 saturated heterocycles. The van der Waals surface area contributed by atoms with Crippen LogP contribution < -0.4 is 16.4 Å². The van der Waals surface area contributed by atoms with Crippen LogP contribution in [0.15, 0.2) is 0 Å². The number of amides is 2. The van der Waals surface area contributed by atoms with Crippen molar-refractivity contribution >= 4 is 11.8 Å². The summed E-state index contributed by atoms with van der Waals surface area (Å²) < 4.78 is 0. The average molecular weight is 243 g/mol. The van der Waals surface area contributed by atoms with Crippen LogP contribution >= 0.6 is 0 Å². The van der Waals surface area contributed by atoms with E-state index in [0.29, 0.717) is 0 Å². The number of nitrogens with two attached hydrogens (primary N) is 1. The minimum absolute atomic E-state index is 0.00888. The fourth-order valence-corrected chi connectivity index (χ4v) is 1.42. The van der Waals surface area contributed by atoms with Crippen molar-refractivity contribution in [2.24, 2.45) is 5.73 Å². The smallest absolute Gasteiger partial charge is 0.239 e. The summed E-state index contributed by atoms with van der Waals surface area (Å²) in [5, 5.41) is 5.33. The van der Waals surface area contributed by atoms with E-state index in [9.17, 15) is 9.59 Å². The summed E-state index contributed by atoms with van der Waals surface area (Å²) in [6, 6.07) is -0.120. The Morgan fingerprint density at radius 1 is 1.24 bits per heavy atom. The number of nitrogens with one attached hydrogen (secondary N) is 2.